The minimum atomic E-state index is -1.20. The molecule has 0 spiro atoms. The molecule has 196 valence electrons. The molecule has 1 aliphatic heterocycles. The number of pyridine rings is 1. The topological polar surface area (TPSA) is 76.8 Å². The van der Waals surface area contributed by atoms with E-state index in [-0.39, 0.29) is 18.5 Å². The fourth-order valence-electron chi connectivity index (χ4n) is 4.10. The summed E-state index contributed by atoms with van der Waals surface area (Å²) < 4.78 is 21.0. The second-order valence-electron chi connectivity index (χ2n) is 11.1. The van der Waals surface area contributed by atoms with Crippen molar-refractivity contribution < 1.29 is 23.9 Å². The average Bonchev–Trinajstić information content (AvgIpc) is 3.17. The molecule has 1 amide bonds. The van der Waals surface area contributed by atoms with Crippen LogP contribution >= 0.6 is 0 Å². The molecule has 0 saturated carbocycles. The Morgan fingerprint density at radius 3 is 2.62 bits per heavy atom. The Morgan fingerprint density at radius 2 is 1.95 bits per heavy atom. The van der Waals surface area contributed by atoms with E-state index in [2.05, 4.69) is 36.5 Å². The zero-order chi connectivity index (χ0) is 26.8. The van der Waals surface area contributed by atoms with Gasteiger partial charge in [0.1, 0.15) is 17.1 Å². The van der Waals surface area contributed by atoms with E-state index in [0.717, 1.165) is 28.1 Å². The highest BCUT2D eigenvalue weighted by Gasteiger charge is 2.30. The van der Waals surface area contributed by atoms with Gasteiger partial charge < -0.3 is 14.4 Å². The minimum absolute atomic E-state index is 0.0180. The summed E-state index contributed by atoms with van der Waals surface area (Å²) in [6.45, 7) is 11.6. The highest BCUT2D eigenvalue weighted by molar-refractivity contribution is 6.76. The molecule has 1 N–H and O–H groups in total. The van der Waals surface area contributed by atoms with Crippen LogP contribution in [0, 0.1) is 17.7 Å². The molecular formula is C28H34FN3O4Si. The third kappa shape index (κ3) is 6.84. The second kappa shape index (κ2) is 10.8. The van der Waals surface area contributed by atoms with Crippen LogP contribution in [0.3, 0.4) is 0 Å². The van der Waals surface area contributed by atoms with E-state index in [0.29, 0.717) is 37.4 Å². The van der Waals surface area contributed by atoms with Gasteiger partial charge in [-0.2, -0.15) is 0 Å². The number of ether oxygens (including phenoxy) is 1. The summed E-state index contributed by atoms with van der Waals surface area (Å²) in [7, 11) is -1.20. The van der Waals surface area contributed by atoms with Gasteiger partial charge in [-0.15, -0.1) is 0 Å². The van der Waals surface area contributed by atoms with E-state index < -0.39 is 13.7 Å². The first kappa shape index (κ1) is 27.0. The van der Waals surface area contributed by atoms with Crippen LogP contribution in [0.15, 0.2) is 36.7 Å². The van der Waals surface area contributed by atoms with E-state index >= 15 is 0 Å². The normalized spacial score (nSPS) is 14.0. The summed E-state index contributed by atoms with van der Waals surface area (Å²) in [6, 6.07) is 7.35. The fraction of sp³-hybridized carbons (Fsp3) is 0.429. The Bertz CT molecular complexity index is 1340. The molecule has 3 aromatic rings. The molecule has 1 aromatic carbocycles. The Morgan fingerprint density at radius 1 is 1.22 bits per heavy atom. The number of hydrogen-bond donors (Lipinski definition) is 1. The Hall–Kier alpha value is -3.03. The van der Waals surface area contributed by atoms with Crippen molar-refractivity contribution in [2.24, 2.45) is 0 Å². The summed E-state index contributed by atoms with van der Waals surface area (Å²) in [4.78, 5) is 23.4. The lowest BCUT2D eigenvalue weighted by atomic mass is 9.99. The number of amides is 1. The van der Waals surface area contributed by atoms with Gasteiger partial charge in [0.25, 0.3) is 5.91 Å². The van der Waals surface area contributed by atoms with Crippen LogP contribution in [0.4, 0.5) is 4.39 Å². The van der Waals surface area contributed by atoms with E-state index in [1.807, 2.05) is 10.8 Å². The molecule has 2 aromatic heterocycles. The van der Waals surface area contributed by atoms with E-state index in [1.165, 1.54) is 17.2 Å². The molecular weight excluding hydrogens is 489 g/mol. The zero-order valence-corrected chi connectivity index (χ0v) is 23.1. The number of carbonyl (C=O) groups excluding carboxylic acids is 1. The summed E-state index contributed by atoms with van der Waals surface area (Å²) >= 11 is 0. The van der Waals surface area contributed by atoms with Crippen LogP contribution < -0.4 is 0 Å². The van der Waals surface area contributed by atoms with Crippen molar-refractivity contribution in [3.8, 4) is 11.8 Å². The van der Waals surface area contributed by atoms with Gasteiger partial charge in [-0.25, -0.2) is 19.3 Å². The van der Waals surface area contributed by atoms with Crippen LogP contribution in [0.1, 0.15) is 41.0 Å². The Balaban J connectivity index is 1.62. The van der Waals surface area contributed by atoms with Crippen molar-refractivity contribution in [3.05, 3.63) is 64.9 Å². The molecule has 0 saturated heterocycles. The molecule has 37 heavy (non-hydrogen) atoms. The lowest BCUT2D eigenvalue weighted by molar-refractivity contribution is -0.195. The van der Waals surface area contributed by atoms with Crippen molar-refractivity contribution >= 4 is 24.9 Å². The SMILES string of the molecule is CC(C)(O)C#Cc1cn(Cc2ccc(F)cc2)c2cnc3c(c12)CCN(OCOCC[Si](C)(C)C)C3=O. The third-order valence-corrected chi connectivity index (χ3v) is 7.78. The summed E-state index contributed by atoms with van der Waals surface area (Å²) in [5, 5.41) is 12.3. The van der Waals surface area contributed by atoms with Gasteiger partial charge in [0.2, 0.25) is 0 Å². The Kier molecular flexibility index (Phi) is 7.85. The molecule has 0 aliphatic carbocycles. The standard InChI is InChI=1S/C28H34FN3O4Si/c1-28(2,34)12-10-21-18-31(17-20-6-8-22(29)9-7-20)24-16-30-26-23(25(21)24)11-13-32(27(26)33)36-19-35-14-15-37(3,4)5/h6-9,16,18,34H,11,13-15,17,19H2,1-5H3. The van der Waals surface area contributed by atoms with Gasteiger partial charge in [-0.3, -0.25) is 4.79 Å². The van der Waals surface area contributed by atoms with Crippen LogP contribution in [0.2, 0.25) is 25.7 Å². The number of aliphatic hydroxyl groups is 1. The van der Waals surface area contributed by atoms with Crippen molar-refractivity contribution in [2.45, 2.75) is 58.1 Å². The van der Waals surface area contributed by atoms with Crippen molar-refractivity contribution in [3.63, 3.8) is 0 Å². The second-order valence-corrected chi connectivity index (χ2v) is 16.7. The van der Waals surface area contributed by atoms with Gasteiger partial charge in [0, 0.05) is 32.8 Å². The molecule has 1 aliphatic rings. The maximum absolute atomic E-state index is 13.4. The molecule has 3 heterocycles. The monoisotopic (exact) mass is 523 g/mol. The van der Waals surface area contributed by atoms with Crippen molar-refractivity contribution in [1.29, 1.82) is 0 Å². The first-order chi connectivity index (χ1) is 17.4. The molecule has 4 rings (SSSR count). The molecule has 0 fully saturated rings. The number of nitrogens with zero attached hydrogens (tertiary/aromatic N) is 3. The predicted molar refractivity (Wildman–Crippen MR) is 143 cm³/mol. The number of halogens is 1. The average molecular weight is 524 g/mol. The third-order valence-electron chi connectivity index (χ3n) is 6.07. The number of aromatic nitrogens is 2. The lowest BCUT2D eigenvalue weighted by Crippen LogP contribution is -2.39. The molecule has 0 atom stereocenters. The van der Waals surface area contributed by atoms with E-state index in [4.69, 9.17) is 9.57 Å². The maximum atomic E-state index is 13.4. The lowest BCUT2D eigenvalue weighted by Gasteiger charge is -2.27. The van der Waals surface area contributed by atoms with Crippen LogP contribution in [0.25, 0.3) is 10.9 Å². The van der Waals surface area contributed by atoms with Crippen LogP contribution in [0.5, 0.6) is 0 Å². The van der Waals surface area contributed by atoms with Gasteiger partial charge in [0.05, 0.1) is 23.8 Å². The number of rotatable bonds is 8. The van der Waals surface area contributed by atoms with Gasteiger partial charge in [-0.05, 0) is 49.6 Å². The van der Waals surface area contributed by atoms with Gasteiger partial charge >= 0.3 is 0 Å². The minimum Gasteiger partial charge on any atom is -0.378 e. The van der Waals surface area contributed by atoms with Crippen molar-refractivity contribution in [1.82, 2.24) is 14.6 Å². The van der Waals surface area contributed by atoms with Crippen LogP contribution in [-0.4, -0.2) is 59.2 Å². The first-order valence-corrected chi connectivity index (χ1v) is 16.2. The fourth-order valence-corrected chi connectivity index (χ4v) is 4.86. The van der Waals surface area contributed by atoms with Gasteiger partial charge in [0.15, 0.2) is 6.79 Å². The van der Waals surface area contributed by atoms with Crippen LogP contribution in [-0.2, 0) is 22.5 Å². The summed E-state index contributed by atoms with van der Waals surface area (Å²) in [5.41, 5.74) is 2.40. The molecule has 7 nitrogen and oxygen atoms in total. The van der Waals surface area contributed by atoms with E-state index in [1.54, 1.807) is 32.2 Å². The molecule has 0 radical (unpaired) electrons. The zero-order valence-electron chi connectivity index (χ0n) is 22.1. The highest BCUT2D eigenvalue weighted by Crippen LogP contribution is 2.31. The smallest absolute Gasteiger partial charge is 0.296 e. The molecule has 9 heteroatoms. The number of fused-ring (bicyclic) bond motifs is 3. The number of hydrogen-bond acceptors (Lipinski definition) is 5. The Labute approximate surface area is 218 Å². The number of hydroxylamine groups is 2. The van der Waals surface area contributed by atoms with E-state index in [9.17, 15) is 14.3 Å². The van der Waals surface area contributed by atoms with Gasteiger partial charge in [-0.1, -0.05) is 43.6 Å². The van der Waals surface area contributed by atoms with Crippen molar-refractivity contribution in [2.75, 3.05) is 19.9 Å². The number of benzene rings is 1. The number of carbonyl (C=O) groups is 1. The molecule has 0 bridgehead atoms. The first-order valence-electron chi connectivity index (χ1n) is 12.4. The largest absolute Gasteiger partial charge is 0.378 e. The quantitative estimate of drug-likeness (QED) is 0.202. The predicted octanol–water partition coefficient (Wildman–Crippen LogP) is 4.59. The summed E-state index contributed by atoms with van der Waals surface area (Å²) in [5.74, 6) is 5.37. The maximum Gasteiger partial charge on any atom is 0.296 e. The summed E-state index contributed by atoms with van der Waals surface area (Å²) in [6.07, 6.45) is 4.10. The molecule has 0 unspecified atom stereocenters. The highest BCUT2D eigenvalue weighted by atomic mass is 28.3.